The van der Waals surface area contributed by atoms with E-state index < -0.39 is 16.1 Å². The van der Waals surface area contributed by atoms with E-state index in [4.69, 9.17) is 15.6 Å². The molecule has 0 saturated carbocycles. The van der Waals surface area contributed by atoms with Gasteiger partial charge < -0.3 is 15.6 Å². The highest BCUT2D eigenvalue weighted by Gasteiger charge is 2.22. The second kappa shape index (κ2) is 7.20. The molecule has 0 fully saturated rings. The molecule has 0 amide bonds. The predicted molar refractivity (Wildman–Crippen MR) is 76.2 cm³/mol. The summed E-state index contributed by atoms with van der Waals surface area (Å²) in [5.74, 6) is 0. The summed E-state index contributed by atoms with van der Waals surface area (Å²) >= 11 is 3.18. The van der Waals surface area contributed by atoms with Crippen LogP contribution in [0.1, 0.15) is 6.42 Å². The summed E-state index contributed by atoms with van der Waals surface area (Å²) in [4.78, 5) is 0.0616. The van der Waals surface area contributed by atoms with Crippen LogP contribution in [0, 0.1) is 0 Å². The van der Waals surface area contributed by atoms with Crippen molar-refractivity contribution in [3.8, 4) is 0 Å². The molecule has 0 saturated heterocycles. The molecule has 0 heterocycles. The number of methoxy groups -OCH3 is 1. The Bertz CT molecular complexity index is 515. The molecule has 8 heteroatoms. The van der Waals surface area contributed by atoms with Crippen LogP contribution in [0.2, 0.25) is 0 Å². The molecule has 108 valence electrons. The number of hydrogen-bond donors (Lipinski definition) is 3. The van der Waals surface area contributed by atoms with Gasteiger partial charge in [0.25, 0.3) is 0 Å². The lowest BCUT2D eigenvalue weighted by Gasteiger charge is -2.17. The Balaban J connectivity index is 2.99. The summed E-state index contributed by atoms with van der Waals surface area (Å²) < 4.78 is 32.3. The van der Waals surface area contributed by atoms with Crippen molar-refractivity contribution in [1.82, 2.24) is 4.72 Å². The molecular formula is C11H17BrN2O4S. The SMILES string of the molecule is COCC(CCO)NS(=O)(=O)c1cc(N)ccc1Br. The minimum atomic E-state index is -3.73. The van der Waals surface area contributed by atoms with E-state index in [0.717, 1.165) is 0 Å². The predicted octanol–water partition coefficient (Wildman–Crippen LogP) is 0.707. The molecule has 0 aliphatic carbocycles. The number of ether oxygens (including phenoxy) is 1. The third kappa shape index (κ3) is 4.73. The molecule has 1 unspecified atom stereocenters. The highest BCUT2D eigenvalue weighted by Crippen LogP contribution is 2.24. The van der Waals surface area contributed by atoms with E-state index in [1.54, 1.807) is 12.1 Å². The molecule has 1 atom stereocenters. The molecule has 0 aromatic heterocycles. The summed E-state index contributed by atoms with van der Waals surface area (Å²) in [6, 6.07) is 4.05. The molecule has 6 nitrogen and oxygen atoms in total. The molecule has 1 aromatic rings. The van der Waals surface area contributed by atoms with Gasteiger partial charge in [-0.05, 0) is 40.5 Å². The number of hydrogen-bond acceptors (Lipinski definition) is 5. The number of nitrogens with two attached hydrogens (primary N) is 1. The largest absolute Gasteiger partial charge is 0.399 e. The first-order valence-electron chi connectivity index (χ1n) is 5.58. The first-order chi connectivity index (χ1) is 8.90. The second-order valence-electron chi connectivity index (χ2n) is 3.98. The van der Waals surface area contributed by atoms with Crippen LogP contribution in [-0.4, -0.2) is 39.9 Å². The van der Waals surface area contributed by atoms with Crippen molar-refractivity contribution in [2.24, 2.45) is 0 Å². The fraction of sp³-hybridized carbons (Fsp3) is 0.455. The topological polar surface area (TPSA) is 102 Å². The number of benzene rings is 1. The van der Waals surface area contributed by atoms with Crippen LogP contribution in [-0.2, 0) is 14.8 Å². The minimum absolute atomic E-state index is 0.0616. The molecule has 0 radical (unpaired) electrons. The van der Waals surface area contributed by atoms with Crippen LogP contribution in [0.5, 0.6) is 0 Å². The van der Waals surface area contributed by atoms with Gasteiger partial charge in [-0.15, -0.1) is 0 Å². The van der Waals surface area contributed by atoms with Crippen molar-refractivity contribution in [3.63, 3.8) is 0 Å². The number of aliphatic hydroxyl groups is 1. The van der Waals surface area contributed by atoms with Crippen LogP contribution in [0.15, 0.2) is 27.6 Å². The number of anilines is 1. The monoisotopic (exact) mass is 352 g/mol. The second-order valence-corrected chi connectivity index (χ2v) is 6.51. The Labute approximate surface area is 121 Å². The van der Waals surface area contributed by atoms with Crippen molar-refractivity contribution in [2.75, 3.05) is 26.1 Å². The van der Waals surface area contributed by atoms with Crippen LogP contribution in [0.3, 0.4) is 0 Å². The Hall–Kier alpha value is -0.670. The van der Waals surface area contributed by atoms with Crippen LogP contribution in [0.4, 0.5) is 5.69 Å². The molecule has 0 aliphatic rings. The van der Waals surface area contributed by atoms with Crippen molar-refractivity contribution >= 4 is 31.6 Å². The zero-order valence-corrected chi connectivity index (χ0v) is 12.9. The normalized spacial score (nSPS) is 13.4. The Morgan fingerprint density at radius 1 is 1.53 bits per heavy atom. The summed E-state index contributed by atoms with van der Waals surface area (Å²) in [5, 5.41) is 8.91. The maximum atomic E-state index is 12.2. The highest BCUT2D eigenvalue weighted by atomic mass is 79.9. The fourth-order valence-electron chi connectivity index (χ4n) is 1.54. The van der Waals surface area contributed by atoms with Crippen LogP contribution >= 0.6 is 15.9 Å². The third-order valence-electron chi connectivity index (χ3n) is 2.41. The van der Waals surface area contributed by atoms with Gasteiger partial charge in [0.1, 0.15) is 0 Å². The lowest BCUT2D eigenvalue weighted by molar-refractivity contribution is 0.158. The smallest absolute Gasteiger partial charge is 0.242 e. The van der Waals surface area contributed by atoms with E-state index in [0.29, 0.717) is 10.2 Å². The van der Waals surface area contributed by atoms with E-state index in [1.165, 1.54) is 13.2 Å². The van der Waals surface area contributed by atoms with Crippen LogP contribution < -0.4 is 10.5 Å². The van der Waals surface area contributed by atoms with E-state index in [1.807, 2.05) is 0 Å². The summed E-state index contributed by atoms with van der Waals surface area (Å²) in [7, 11) is -2.26. The highest BCUT2D eigenvalue weighted by molar-refractivity contribution is 9.10. The maximum Gasteiger partial charge on any atom is 0.242 e. The number of halogens is 1. The molecular weight excluding hydrogens is 336 g/mol. The average Bonchev–Trinajstić information content (AvgIpc) is 2.32. The van der Waals surface area contributed by atoms with E-state index >= 15 is 0 Å². The zero-order valence-electron chi connectivity index (χ0n) is 10.5. The van der Waals surface area contributed by atoms with Gasteiger partial charge in [0.05, 0.1) is 11.5 Å². The number of rotatable bonds is 7. The maximum absolute atomic E-state index is 12.2. The summed E-state index contributed by atoms with van der Waals surface area (Å²) in [6.07, 6.45) is 0.271. The van der Waals surface area contributed by atoms with E-state index in [9.17, 15) is 8.42 Å². The van der Waals surface area contributed by atoms with Gasteiger partial charge >= 0.3 is 0 Å². The molecule has 19 heavy (non-hydrogen) atoms. The molecule has 1 rings (SSSR count). The Morgan fingerprint density at radius 3 is 2.79 bits per heavy atom. The van der Waals surface area contributed by atoms with Crippen LogP contribution in [0.25, 0.3) is 0 Å². The zero-order chi connectivity index (χ0) is 14.5. The lowest BCUT2D eigenvalue weighted by Crippen LogP contribution is -2.38. The standard InChI is InChI=1S/C11H17BrN2O4S/c1-18-7-9(4-5-15)14-19(16,17)11-6-8(13)2-3-10(11)12/h2-3,6,9,14-15H,4-5,7,13H2,1H3. The van der Waals surface area contributed by atoms with E-state index in [2.05, 4.69) is 20.7 Å². The van der Waals surface area contributed by atoms with Crippen molar-refractivity contribution in [3.05, 3.63) is 22.7 Å². The van der Waals surface area contributed by atoms with Gasteiger partial charge in [-0.3, -0.25) is 0 Å². The van der Waals surface area contributed by atoms with Gasteiger partial charge in [-0.25, -0.2) is 13.1 Å². The van der Waals surface area contributed by atoms with Gasteiger partial charge in [0, 0.05) is 29.9 Å². The first-order valence-corrected chi connectivity index (χ1v) is 7.85. The number of nitrogens with one attached hydrogen (secondary N) is 1. The molecule has 0 aliphatic heterocycles. The molecule has 0 bridgehead atoms. The third-order valence-corrected chi connectivity index (χ3v) is 4.93. The van der Waals surface area contributed by atoms with Gasteiger partial charge in [0.2, 0.25) is 10.0 Å². The Kier molecular flexibility index (Phi) is 6.21. The van der Waals surface area contributed by atoms with Gasteiger partial charge in [0.15, 0.2) is 0 Å². The molecule has 1 aromatic carbocycles. The first kappa shape index (κ1) is 16.4. The average molecular weight is 353 g/mol. The summed E-state index contributed by atoms with van der Waals surface area (Å²) in [6.45, 7) is 0.0500. The number of aliphatic hydroxyl groups excluding tert-OH is 1. The van der Waals surface area contributed by atoms with Crippen molar-refractivity contribution in [2.45, 2.75) is 17.4 Å². The Morgan fingerprint density at radius 2 is 2.21 bits per heavy atom. The quantitative estimate of drug-likeness (QED) is 0.627. The van der Waals surface area contributed by atoms with E-state index in [-0.39, 0.29) is 24.5 Å². The van der Waals surface area contributed by atoms with Gasteiger partial charge in [-0.2, -0.15) is 0 Å². The van der Waals surface area contributed by atoms with Gasteiger partial charge in [-0.1, -0.05) is 0 Å². The summed E-state index contributed by atoms with van der Waals surface area (Å²) in [5.41, 5.74) is 5.95. The lowest BCUT2D eigenvalue weighted by atomic mass is 10.2. The molecule has 4 N–H and O–H groups in total. The van der Waals surface area contributed by atoms with Crippen molar-refractivity contribution < 1.29 is 18.3 Å². The van der Waals surface area contributed by atoms with Crippen molar-refractivity contribution in [1.29, 1.82) is 0 Å². The number of nitrogen functional groups attached to an aromatic ring is 1. The number of sulfonamides is 1. The molecule has 0 spiro atoms. The minimum Gasteiger partial charge on any atom is -0.399 e. The fourth-order valence-corrected chi connectivity index (χ4v) is 3.80.